The lowest BCUT2D eigenvalue weighted by Crippen LogP contribution is -2.46. The van der Waals surface area contributed by atoms with Crippen LogP contribution in [0.5, 0.6) is 0 Å². The minimum absolute atomic E-state index is 0.150. The van der Waals surface area contributed by atoms with Crippen molar-refractivity contribution in [3.63, 3.8) is 0 Å². The number of carbonyl (C=O) groups excluding carboxylic acids is 1. The largest absolute Gasteiger partial charge is 0.348 e. The Morgan fingerprint density at radius 2 is 1.94 bits per heavy atom. The molecule has 0 bridgehead atoms. The molecular formula is C11H12F2N2O. The van der Waals surface area contributed by atoms with Crippen LogP contribution in [-0.2, 0) is 4.79 Å². The number of halogens is 2. The highest BCUT2D eigenvalue weighted by atomic mass is 19.1. The highest BCUT2D eigenvalue weighted by Gasteiger charge is 2.31. The van der Waals surface area contributed by atoms with E-state index in [9.17, 15) is 13.6 Å². The monoisotopic (exact) mass is 226 g/mol. The summed E-state index contributed by atoms with van der Waals surface area (Å²) >= 11 is 0. The summed E-state index contributed by atoms with van der Waals surface area (Å²) in [5, 5.41) is 2.52. The molecule has 1 heterocycles. The van der Waals surface area contributed by atoms with E-state index in [0.717, 1.165) is 12.1 Å². The molecular weight excluding hydrogens is 214 g/mol. The van der Waals surface area contributed by atoms with E-state index >= 15 is 0 Å². The molecule has 2 unspecified atom stereocenters. The van der Waals surface area contributed by atoms with E-state index in [4.69, 9.17) is 5.73 Å². The molecule has 0 radical (unpaired) electrons. The number of benzene rings is 1. The highest BCUT2D eigenvalue weighted by Crippen LogP contribution is 2.27. The SMILES string of the molecule is NC1CCC(=O)NC1c1c(F)cccc1F. The maximum atomic E-state index is 13.5. The summed E-state index contributed by atoms with van der Waals surface area (Å²) in [5.41, 5.74) is 5.61. The molecule has 1 fully saturated rings. The second-order valence-electron chi connectivity index (χ2n) is 3.88. The van der Waals surface area contributed by atoms with E-state index in [-0.39, 0.29) is 11.5 Å². The van der Waals surface area contributed by atoms with Crippen molar-refractivity contribution < 1.29 is 13.6 Å². The molecule has 3 nitrogen and oxygen atoms in total. The summed E-state index contributed by atoms with van der Waals surface area (Å²) in [6, 6.07) is 2.37. The third-order valence-electron chi connectivity index (χ3n) is 2.76. The maximum Gasteiger partial charge on any atom is 0.220 e. The lowest BCUT2D eigenvalue weighted by atomic mass is 9.92. The first-order chi connectivity index (χ1) is 7.59. The summed E-state index contributed by atoms with van der Waals surface area (Å²) < 4.78 is 27.0. The highest BCUT2D eigenvalue weighted by molar-refractivity contribution is 5.77. The third kappa shape index (κ3) is 1.90. The van der Waals surface area contributed by atoms with Gasteiger partial charge < -0.3 is 11.1 Å². The summed E-state index contributed by atoms with van der Waals surface area (Å²) in [7, 11) is 0. The van der Waals surface area contributed by atoms with Crippen LogP contribution in [0.15, 0.2) is 18.2 Å². The molecule has 2 atom stereocenters. The quantitative estimate of drug-likeness (QED) is 0.757. The van der Waals surface area contributed by atoms with Crippen molar-refractivity contribution in [2.24, 2.45) is 5.73 Å². The normalized spacial score (nSPS) is 25.3. The average Bonchev–Trinajstić information content (AvgIpc) is 2.23. The predicted molar refractivity (Wildman–Crippen MR) is 54.5 cm³/mol. The second-order valence-corrected chi connectivity index (χ2v) is 3.88. The van der Waals surface area contributed by atoms with Crippen molar-refractivity contribution in [2.45, 2.75) is 24.9 Å². The molecule has 0 saturated carbocycles. The Morgan fingerprint density at radius 1 is 1.31 bits per heavy atom. The molecule has 16 heavy (non-hydrogen) atoms. The maximum absolute atomic E-state index is 13.5. The van der Waals surface area contributed by atoms with Gasteiger partial charge in [-0.05, 0) is 18.6 Å². The number of hydrogen-bond acceptors (Lipinski definition) is 2. The van der Waals surface area contributed by atoms with Crippen LogP contribution < -0.4 is 11.1 Å². The van der Waals surface area contributed by atoms with Gasteiger partial charge in [0.1, 0.15) is 11.6 Å². The second kappa shape index (κ2) is 4.17. The van der Waals surface area contributed by atoms with Gasteiger partial charge in [-0.1, -0.05) is 6.07 Å². The Labute approximate surface area is 91.6 Å². The lowest BCUT2D eigenvalue weighted by molar-refractivity contribution is -0.123. The lowest BCUT2D eigenvalue weighted by Gasteiger charge is -2.30. The molecule has 1 amide bonds. The van der Waals surface area contributed by atoms with Gasteiger partial charge >= 0.3 is 0 Å². The standard InChI is InChI=1S/C11H12F2N2O/c12-6-2-1-3-7(13)10(6)11-8(14)4-5-9(16)15-11/h1-3,8,11H,4-5,14H2,(H,15,16). The van der Waals surface area contributed by atoms with Crippen LogP contribution in [0.25, 0.3) is 0 Å². The number of nitrogens with one attached hydrogen (secondary N) is 1. The van der Waals surface area contributed by atoms with Crippen molar-refractivity contribution in [2.75, 3.05) is 0 Å². The molecule has 1 aromatic rings. The van der Waals surface area contributed by atoms with Crippen LogP contribution in [0.3, 0.4) is 0 Å². The first kappa shape index (κ1) is 11.0. The third-order valence-corrected chi connectivity index (χ3v) is 2.76. The van der Waals surface area contributed by atoms with E-state index < -0.39 is 23.7 Å². The van der Waals surface area contributed by atoms with Crippen LogP contribution in [0.2, 0.25) is 0 Å². The predicted octanol–water partition coefficient (Wildman–Crippen LogP) is 1.24. The molecule has 1 aliphatic heterocycles. The smallest absolute Gasteiger partial charge is 0.220 e. The number of nitrogens with two attached hydrogens (primary N) is 1. The Hall–Kier alpha value is -1.49. The molecule has 1 aromatic carbocycles. The van der Waals surface area contributed by atoms with Crippen molar-refractivity contribution in [3.8, 4) is 0 Å². The van der Waals surface area contributed by atoms with Crippen LogP contribution in [0, 0.1) is 11.6 Å². The summed E-state index contributed by atoms with van der Waals surface area (Å²) in [6.07, 6.45) is 0.734. The summed E-state index contributed by atoms with van der Waals surface area (Å²) in [5.74, 6) is -1.58. The molecule has 0 aliphatic carbocycles. The molecule has 5 heteroatoms. The fraction of sp³-hybridized carbons (Fsp3) is 0.364. The van der Waals surface area contributed by atoms with E-state index in [1.807, 2.05) is 0 Å². The van der Waals surface area contributed by atoms with E-state index in [0.29, 0.717) is 12.8 Å². The molecule has 0 spiro atoms. The van der Waals surface area contributed by atoms with Crippen LogP contribution in [0.1, 0.15) is 24.4 Å². The minimum atomic E-state index is -0.776. The average molecular weight is 226 g/mol. The molecule has 0 aromatic heterocycles. The van der Waals surface area contributed by atoms with Gasteiger partial charge in [-0.15, -0.1) is 0 Å². The molecule has 1 aliphatic rings. The zero-order valence-electron chi connectivity index (χ0n) is 8.54. The Bertz CT molecular complexity index is 402. The number of carbonyl (C=O) groups is 1. The molecule has 86 valence electrons. The fourth-order valence-corrected chi connectivity index (χ4v) is 1.91. The number of piperidine rings is 1. The van der Waals surface area contributed by atoms with Gasteiger partial charge in [-0.2, -0.15) is 0 Å². The van der Waals surface area contributed by atoms with Gasteiger partial charge in [0.25, 0.3) is 0 Å². The first-order valence-electron chi connectivity index (χ1n) is 5.08. The number of amides is 1. The first-order valence-corrected chi connectivity index (χ1v) is 5.08. The van der Waals surface area contributed by atoms with Crippen LogP contribution in [0.4, 0.5) is 8.78 Å². The Morgan fingerprint density at radius 3 is 2.56 bits per heavy atom. The van der Waals surface area contributed by atoms with Gasteiger partial charge in [-0.25, -0.2) is 8.78 Å². The van der Waals surface area contributed by atoms with Gasteiger partial charge in [0.05, 0.1) is 6.04 Å². The van der Waals surface area contributed by atoms with Gasteiger partial charge in [0.15, 0.2) is 0 Å². The van der Waals surface area contributed by atoms with Gasteiger partial charge in [0, 0.05) is 18.0 Å². The van der Waals surface area contributed by atoms with Crippen LogP contribution >= 0.6 is 0 Å². The molecule has 1 saturated heterocycles. The summed E-state index contributed by atoms with van der Waals surface area (Å²) in [4.78, 5) is 11.2. The number of hydrogen-bond donors (Lipinski definition) is 2. The van der Waals surface area contributed by atoms with Crippen LogP contribution in [-0.4, -0.2) is 11.9 Å². The van der Waals surface area contributed by atoms with E-state index in [2.05, 4.69) is 5.32 Å². The van der Waals surface area contributed by atoms with Crippen molar-refractivity contribution in [1.82, 2.24) is 5.32 Å². The Balaban J connectivity index is 2.38. The van der Waals surface area contributed by atoms with Crippen molar-refractivity contribution >= 4 is 5.91 Å². The fourth-order valence-electron chi connectivity index (χ4n) is 1.91. The van der Waals surface area contributed by atoms with Gasteiger partial charge in [-0.3, -0.25) is 4.79 Å². The Kier molecular flexibility index (Phi) is 2.87. The molecule has 2 rings (SSSR count). The van der Waals surface area contributed by atoms with E-state index in [1.165, 1.54) is 6.07 Å². The zero-order valence-corrected chi connectivity index (χ0v) is 8.54. The minimum Gasteiger partial charge on any atom is -0.348 e. The van der Waals surface area contributed by atoms with Gasteiger partial charge in [0.2, 0.25) is 5.91 Å². The van der Waals surface area contributed by atoms with Crippen molar-refractivity contribution in [1.29, 1.82) is 0 Å². The van der Waals surface area contributed by atoms with E-state index in [1.54, 1.807) is 0 Å². The number of rotatable bonds is 1. The zero-order chi connectivity index (χ0) is 11.7. The molecule has 3 N–H and O–H groups in total. The topological polar surface area (TPSA) is 55.1 Å². The summed E-state index contributed by atoms with van der Waals surface area (Å²) in [6.45, 7) is 0. The van der Waals surface area contributed by atoms with Crippen molar-refractivity contribution in [3.05, 3.63) is 35.4 Å².